The molecule has 2 aromatic heterocycles. The molecular weight excluding hydrogens is 384 g/mol. The van der Waals surface area contributed by atoms with Gasteiger partial charge in [0, 0.05) is 30.7 Å². The van der Waals surface area contributed by atoms with Gasteiger partial charge in [0.05, 0.1) is 0 Å². The molecule has 9 heteroatoms. The highest BCUT2D eigenvalue weighted by Gasteiger charge is 2.07. The van der Waals surface area contributed by atoms with E-state index < -0.39 is 5.97 Å². The van der Waals surface area contributed by atoms with Gasteiger partial charge in [-0.2, -0.15) is 0 Å². The molecule has 0 saturated heterocycles. The maximum atomic E-state index is 11.9. The molecule has 3 aromatic rings. The second kappa shape index (κ2) is 8.83. The van der Waals surface area contributed by atoms with E-state index in [0.717, 1.165) is 5.56 Å². The summed E-state index contributed by atoms with van der Waals surface area (Å²) >= 11 is 5.77. The van der Waals surface area contributed by atoms with Gasteiger partial charge in [0.25, 0.3) is 0 Å². The summed E-state index contributed by atoms with van der Waals surface area (Å²) in [5.74, 6) is -0.227. The number of benzene rings is 1. The molecule has 2 heterocycles. The van der Waals surface area contributed by atoms with Gasteiger partial charge in [-0.3, -0.25) is 0 Å². The maximum Gasteiger partial charge on any atom is 0.354 e. The molecule has 2 amide bonds. The Labute approximate surface area is 165 Å². The van der Waals surface area contributed by atoms with E-state index in [1.54, 1.807) is 42.5 Å². The summed E-state index contributed by atoms with van der Waals surface area (Å²) in [5, 5.41) is 14.6. The number of ether oxygens (including phenoxy) is 1. The summed E-state index contributed by atoms with van der Waals surface area (Å²) in [6, 6.07) is 12.7. The van der Waals surface area contributed by atoms with Gasteiger partial charge in [-0.25, -0.2) is 19.6 Å². The number of hydrogen-bond donors (Lipinski definition) is 3. The molecule has 0 spiro atoms. The Hall–Kier alpha value is -3.65. The molecule has 0 aliphatic heterocycles. The molecule has 1 aromatic carbocycles. The summed E-state index contributed by atoms with van der Waals surface area (Å²) in [7, 11) is 0. The first-order valence-corrected chi connectivity index (χ1v) is 8.50. The van der Waals surface area contributed by atoms with E-state index in [0.29, 0.717) is 23.7 Å². The number of nitrogens with zero attached hydrogens (tertiary/aromatic N) is 2. The van der Waals surface area contributed by atoms with E-state index in [1.807, 2.05) is 0 Å². The third-order valence-electron chi connectivity index (χ3n) is 3.55. The van der Waals surface area contributed by atoms with Crippen molar-refractivity contribution in [3.63, 3.8) is 0 Å². The number of anilines is 1. The minimum absolute atomic E-state index is 0.0974. The Bertz CT molecular complexity index is 995. The highest BCUT2D eigenvalue weighted by molar-refractivity contribution is 6.29. The summed E-state index contributed by atoms with van der Waals surface area (Å²) in [6.07, 6.45) is 2.87. The van der Waals surface area contributed by atoms with Gasteiger partial charge in [0.15, 0.2) is 5.69 Å². The number of nitrogens with one attached hydrogen (secondary N) is 2. The second-order valence-electron chi connectivity index (χ2n) is 5.60. The van der Waals surface area contributed by atoms with Crippen molar-refractivity contribution in [2.45, 2.75) is 6.54 Å². The van der Waals surface area contributed by atoms with Crippen molar-refractivity contribution in [1.29, 1.82) is 0 Å². The molecule has 142 valence electrons. The number of carboxylic acids is 1. The predicted molar refractivity (Wildman–Crippen MR) is 103 cm³/mol. The summed E-state index contributed by atoms with van der Waals surface area (Å²) in [5.41, 5.74) is 1.30. The van der Waals surface area contributed by atoms with E-state index in [9.17, 15) is 9.59 Å². The van der Waals surface area contributed by atoms with Crippen LogP contribution in [0.15, 0.2) is 60.9 Å². The van der Waals surface area contributed by atoms with Crippen LogP contribution in [-0.2, 0) is 6.54 Å². The summed E-state index contributed by atoms with van der Waals surface area (Å²) in [6.45, 7) is 0.309. The van der Waals surface area contributed by atoms with Gasteiger partial charge in [-0.1, -0.05) is 23.7 Å². The number of carbonyl (C=O) groups excluding carboxylic acids is 1. The molecule has 3 rings (SSSR count). The molecule has 0 atom stereocenters. The lowest BCUT2D eigenvalue weighted by molar-refractivity contribution is 0.0690. The number of amides is 2. The predicted octanol–water partition coefficient (Wildman–Crippen LogP) is 3.94. The normalized spacial score (nSPS) is 10.2. The van der Waals surface area contributed by atoms with Crippen molar-refractivity contribution in [2.75, 3.05) is 5.32 Å². The number of halogens is 1. The zero-order valence-electron chi connectivity index (χ0n) is 14.4. The van der Waals surface area contributed by atoms with Crippen molar-refractivity contribution in [3.8, 4) is 11.5 Å². The number of carbonyl (C=O) groups is 2. The molecule has 0 fully saturated rings. The van der Waals surface area contributed by atoms with Gasteiger partial charge in [0.1, 0.15) is 16.7 Å². The maximum absolute atomic E-state index is 11.9. The minimum atomic E-state index is -1.13. The van der Waals surface area contributed by atoms with Crippen LogP contribution in [0.2, 0.25) is 5.15 Å². The minimum Gasteiger partial charge on any atom is -0.477 e. The fourth-order valence-electron chi connectivity index (χ4n) is 2.24. The van der Waals surface area contributed by atoms with Crippen LogP contribution in [0.4, 0.5) is 10.5 Å². The molecule has 3 N–H and O–H groups in total. The molecule has 0 aliphatic carbocycles. The van der Waals surface area contributed by atoms with Crippen molar-refractivity contribution >= 4 is 29.3 Å². The number of carboxylic acid groups (broad SMARTS) is 1. The SMILES string of the molecule is O=C(NCc1ccc(Oc2ccnc(C(=O)O)c2)cc1)Nc1ccnc(Cl)c1. The van der Waals surface area contributed by atoms with Crippen LogP contribution < -0.4 is 15.4 Å². The van der Waals surface area contributed by atoms with Gasteiger partial charge in [-0.05, 0) is 35.9 Å². The van der Waals surface area contributed by atoms with E-state index in [-0.39, 0.29) is 16.9 Å². The standard InChI is InChI=1S/C19H15ClN4O4/c20-17-9-13(5-7-22-17)24-19(27)23-11-12-1-3-14(4-2-12)28-15-6-8-21-16(10-15)18(25)26/h1-10H,11H2,(H,25,26)(H2,22,23,24,27). The molecular formula is C19H15ClN4O4. The Morgan fingerprint density at radius 2 is 1.75 bits per heavy atom. The van der Waals surface area contributed by atoms with Crippen molar-refractivity contribution in [2.24, 2.45) is 0 Å². The Morgan fingerprint density at radius 3 is 2.46 bits per heavy atom. The first-order valence-electron chi connectivity index (χ1n) is 8.12. The Kier molecular flexibility index (Phi) is 6.03. The van der Waals surface area contributed by atoms with E-state index in [1.165, 1.54) is 18.5 Å². The molecule has 0 radical (unpaired) electrons. The Balaban J connectivity index is 1.53. The molecule has 8 nitrogen and oxygen atoms in total. The van der Waals surface area contributed by atoms with Crippen LogP contribution in [0.5, 0.6) is 11.5 Å². The quantitative estimate of drug-likeness (QED) is 0.542. The third-order valence-corrected chi connectivity index (χ3v) is 3.75. The highest BCUT2D eigenvalue weighted by Crippen LogP contribution is 2.22. The van der Waals surface area contributed by atoms with Crippen LogP contribution in [0.3, 0.4) is 0 Å². The number of aromatic nitrogens is 2. The first-order chi connectivity index (χ1) is 13.5. The molecule has 0 unspecified atom stereocenters. The fraction of sp³-hybridized carbons (Fsp3) is 0.0526. The zero-order chi connectivity index (χ0) is 19.9. The van der Waals surface area contributed by atoms with E-state index >= 15 is 0 Å². The van der Waals surface area contributed by atoms with E-state index in [4.69, 9.17) is 21.4 Å². The van der Waals surface area contributed by atoms with Gasteiger partial charge in [0.2, 0.25) is 0 Å². The summed E-state index contributed by atoms with van der Waals surface area (Å²) in [4.78, 5) is 30.4. The third kappa shape index (κ3) is 5.42. The molecule has 0 saturated carbocycles. The number of hydrogen-bond acceptors (Lipinski definition) is 5. The average Bonchev–Trinajstić information content (AvgIpc) is 2.68. The monoisotopic (exact) mass is 398 g/mol. The fourth-order valence-corrected chi connectivity index (χ4v) is 2.41. The number of rotatable bonds is 6. The van der Waals surface area contributed by atoms with Crippen LogP contribution in [0, 0.1) is 0 Å². The van der Waals surface area contributed by atoms with Gasteiger partial charge < -0.3 is 20.5 Å². The van der Waals surface area contributed by atoms with Crippen LogP contribution in [0.25, 0.3) is 0 Å². The Morgan fingerprint density at radius 1 is 1.00 bits per heavy atom. The van der Waals surface area contributed by atoms with Crippen molar-refractivity contribution in [3.05, 3.63) is 77.3 Å². The average molecular weight is 399 g/mol. The highest BCUT2D eigenvalue weighted by atomic mass is 35.5. The summed E-state index contributed by atoms with van der Waals surface area (Å²) < 4.78 is 5.62. The van der Waals surface area contributed by atoms with Crippen LogP contribution in [-0.4, -0.2) is 27.1 Å². The van der Waals surface area contributed by atoms with Gasteiger partial charge in [-0.15, -0.1) is 0 Å². The first kappa shape index (κ1) is 19.1. The number of pyridine rings is 2. The topological polar surface area (TPSA) is 113 Å². The molecule has 0 bridgehead atoms. The zero-order valence-corrected chi connectivity index (χ0v) is 15.2. The number of aromatic carboxylic acids is 1. The van der Waals surface area contributed by atoms with Crippen LogP contribution >= 0.6 is 11.6 Å². The van der Waals surface area contributed by atoms with Crippen molar-refractivity contribution < 1.29 is 19.4 Å². The van der Waals surface area contributed by atoms with E-state index in [2.05, 4.69) is 20.6 Å². The second-order valence-corrected chi connectivity index (χ2v) is 5.99. The largest absolute Gasteiger partial charge is 0.477 e. The lowest BCUT2D eigenvalue weighted by atomic mass is 10.2. The van der Waals surface area contributed by atoms with Gasteiger partial charge >= 0.3 is 12.0 Å². The molecule has 0 aliphatic rings. The molecule has 28 heavy (non-hydrogen) atoms. The lowest BCUT2D eigenvalue weighted by Crippen LogP contribution is -2.28. The van der Waals surface area contributed by atoms with Crippen LogP contribution in [0.1, 0.15) is 16.1 Å². The smallest absolute Gasteiger partial charge is 0.354 e. The lowest BCUT2D eigenvalue weighted by Gasteiger charge is -2.09. The van der Waals surface area contributed by atoms with Crippen molar-refractivity contribution in [1.82, 2.24) is 15.3 Å². The number of urea groups is 1.